The van der Waals surface area contributed by atoms with Crippen molar-refractivity contribution in [1.82, 2.24) is 0 Å². The van der Waals surface area contributed by atoms with E-state index >= 15 is 0 Å². The van der Waals surface area contributed by atoms with Gasteiger partial charge in [0.15, 0.2) is 0 Å². The molecular formula is CH3KNa2O7Si. The van der Waals surface area contributed by atoms with Crippen molar-refractivity contribution in [1.29, 1.82) is 0 Å². The summed E-state index contributed by atoms with van der Waals surface area (Å²) in [5.74, 6) is 0. The smallest absolute Gasteiger partial charge is 0.828 e. The minimum Gasteiger partial charge on any atom is -0.828 e. The first-order chi connectivity index (χ1) is 3.73. The van der Waals surface area contributed by atoms with Crippen LogP contribution in [0, 0.1) is 0 Å². The van der Waals surface area contributed by atoms with Crippen LogP contribution in [0.15, 0.2) is 0 Å². The SMILES string of the molecule is O=C([O-])O.[K+].[Na+].[Na+].[O-][Si]([O-])(O)O. The second-order valence-electron chi connectivity index (χ2n) is 0.814. The van der Waals surface area contributed by atoms with Crippen LogP contribution in [0.4, 0.5) is 4.79 Å². The second-order valence-corrected chi connectivity index (χ2v) is 1.91. The summed E-state index contributed by atoms with van der Waals surface area (Å²) < 4.78 is 0. The summed E-state index contributed by atoms with van der Waals surface area (Å²) in [7, 11) is -5.11. The molecule has 0 aromatic heterocycles. The molecule has 0 radical (unpaired) electrons. The summed E-state index contributed by atoms with van der Waals surface area (Å²) in [6, 6.07) is 0. The van der Waals surface area contributed by atoms with Gasteiger partial charge in [-0.1, -0.05) is 0 Å². The van der Waals surface area contributed by atoms with Crippen LogP contribution in [0.3, 0.4) is 0 Å². The van der Waals surface area contributed by atoms with Crippen molar-refractivity contribution in [3.8, 4) is 0 Å². The quantitative estimate of drug-likeness (QED) is 0.356. The summed E-state index contributed by atoms with van der Waals surface area (Å²) in [4.78, 5) is 40.2. The van der Waals surface area contributed by atoms with Crippen LogP contribution < -0.4 is 125 Å². The first-order valence-electron chi connectivity index (χ1n) is 1.49. The van der Waals surface area contributed by atoms with Gasteiger partial charge in [-0.15, -0.1) is 0 Å². The van der Waals surface area contributed by atoms with Crippen molar-refractivity contribution >= 4 is 15.2 Å². The Labute approximate surface area is 156 Å². The Morgan fingerprint density at radius 1 is 1.17 bits per heavy atom. The predicted molar refractivity (Wildman–Crippen MR) is 18.2 cm³/mol. The van der Waals surface area contributed by atoms with E-state index < -0.39 is 15.2 Å². The Morgan fingerprint density at radius 2 is 1.17 bits per heavy atom. The fourth-order valence-corrected chi connectivity index (χ4v) is 0. The molecule has 0 unspecified atom stereocenters. The largest absolute Gasteiger partial charge is 1.00 e. The summed E-state index contributed by atoms with van der Waals surface area (Å²) in [6.45, 7) is 0. The topological polar surface area (TPSA) is 147 Å². The van der Waals surface area contributed by atoms with E-state index in [1.165, 1.54) is 0 Å². The average molecular weight is 240 g/mol. The van der Waals surface area contributed by atoms with E-state index in [1.54, 1.807) is 0 Å². The van der Waals surface area contributed by atoms with E-state index in [-0.39, 0.29) is 110 Å². The monoisotopic (exact) mass is 240 g/mol. The van der Waals surface area contributed by atoms with E-state index in [2.05, 4.69) is 0 Å². The second kappa shape index (κ2) is 16.4. The molecule has 0 fully saturated rings. The predicted octanol–water partition coefficient (Wildman–Crippen LogP) is -14.0. The van der Waals surface area contributed by atoms with E-state index in [9.17, 15) is 0 Å². The minimum atomic E-state index is -5.11. The fourth-order valence-electron chi connectivity index (χ4n) is 0. The standard InChI is InChI=1S/CH2O3.K.2Na.H2O4Si/c2-1(3)4;;;;1-5(2,3)4/h(H2,2,3,4);;;;1-2H/q;3*+1;-2/p-1. The van der Waals surface area contributed by atoms with Crippen LogP contribution in [0.5, 0.6) is 0 Å². The van der Waals surface area contributed by atoms with Crippen LogP contribution in [0.1, 0.15) is 0 Å². The van der Waals surface area contributed by atoms with Gasteiger partial charge in [0.25, 0.3) is 0 Å². The number of carboxylic acid groups (broad SMARTS) is 2. The first-order valence-corrected chi connectivity index (χ1v) is 3.20. The molecule has 0 aromatic rings. The van der Waals surface area contributed by atoms with Crippen molar-refractivity contribution in [2.75, 3.05) is 0 Å². The van der Waals surface area contributed by atoms with Crippen LogP contribution >= 0.6 is 0 Å². The zero-order chi connectivity index (χ0) is 8.08. The molecule has 0 aliphatic heterocycles. The summed E-state index contributed by atoms with van der Waals surface area (Å²) in [6.07, 6.45) is -2.08. The Hall–Kier alpha value is 2.96. The van der Waals surface area contributed by atoms with Crippen molar-refractivity contribution in [3.63, 3.8) is 0 Å². The van der Waals surface area contributed by atoms with Gasteiger partial charge >= 0.3 is 110 Å². The van der Waals surface area contributed by atoms with Crippen LogP contribution in [0.25, 0.3) is 0 Å². The van der Waals surface area contributed by atoms with E-state index in [0.29, 0.717) is 0 Å². The summed E-state index contributed by atoms with van der Waals surface area (Å²) in [5, 5.41) is 15.3. The third-order valence-corrected chi connectivity index (χ3v) is 0. The zero-order valence-electron chi connectivity index (χ0n) is 6.97. The third kappa shape index (κ3) is 211. The Bertz CT molecular complexity index is 83.9. The van der Waals surface area contributed by atoms with Crippen molar-refractivity contribution in [3.05, 3.63) is 0 Å². The zero-order valence-corrected chi connectivity index (χ0v) is 15.1. The molecule has 0 amide bonds. The molecule has 12 heavy (non-hydrogen) atoms. The van der Waals surface area contributed by atoms with Crippen LogP contribution in [0.2, 0.25) is 0 Å². The third-order valence-electron chi connectivity index (χ3n) is 0. The molecular weight excluding hydrogens is 237 g/mol. The van der Waals surface area contributed by atoms with Crippen molar-refractivity contribution < 1.29 is 145 Å². The van der Waals surface area contributed by atoms with Gasteiger partial charge in [-0.05, 0) is 0 Å². The van der Waals surface area contributed by atoms with Gasteiger partial charge in [-0.25, -0.2) is 0 Å². The maximum atomic E-state index is 8.80. The average Bonchev–Trinajstić information content (AvgIpc) is 1.19. The molecule has 0 saturated carbocycles. The molecule has 0 bridgehead atoms. The van der Waals surface area contributed by atoms with Gasteiger partial charge in [-0.3, -0.25) is 0 Å². The fraction of sp³-hybridized carbons (Fsp3) is 0. The van der Waals surface area contributed by atoms with Gasteiger partial charge in [0, 0.05) is 0 Å². The summed E-state index contributed by atoms with van der Waals surface area (Å²) in [5.41, 5.74) is 0. The Balaban J connectivity index is -0.0000000221. The van der Waals surface area contributed by atoms with Gasteiger partial charge in [0.2, 0.25) is 6.16 Å². The number of hydrogen-bond donors (Lipinski definition) is 3. The molecule has 7 nitrogen and oxygen atoms in total. The Morgan fingerprint density at radius 3 is 1.17 bits per heavy atom. The number of rotatable bonds is 0. The molecule has 0 rings (SSSR count). The molecule has 56 valence electrons. The maximum Gasteiger partial charge on any atom is 1.00 e. The molecule has 0 spiro atoms. The van der Waals surface area contributed by atoms with Gasteiger partial charge < -0.3 is 34.2 Å². The van der Waals surface area contributed by atoms with E-state index in [1.807, 2.05) is 0 Å². The van der Waals surface area contributed by atoms with Crippen molar-refractivity contribution in [2.45, 2.75) is 0 Å². The molecule has 0 heterocycles. The van der Waals surface area contributed by atoms with Crippen molar-refractivity contribution in [2.24, 2.45) is 0 Å². The number of carbonyl (C=O) groups is 1. The first kappa shape index (κ1) is 29.4. The van der Waals surface area contributed by atoms with Crippen LogP contribution in [-0.4, -0.2) is 29.9 Å². The molecule has 0 aliphatic rings. The van der Waals surface area contributed by atoms with E-state index in [4.69, 9.17) is 34.2 Å². The molecule has 11 heteroatoms. The van der Waals surface area contributed by atoms with Gasteiger partial charge in [0.1, 0.15) is 9.05 Å². The number of hydrogen-bond acceptors (Lipinski definition) is 6. The molecule has 0 saturated heterocycles. The van der Waals surface area contributed by atoms with Crippen LogP contribution in [-0.2, 0) is 0 Å². The van der Waals surface area contributed by atoms with E-state index in [0.717, 1.165) is 0 Å². The molecule has 0 aromatic carbocycles. The minimum absolute atomic E-state index is 0. The maximum absolute atomic E-state index is 8.80. The molecule has 3 N–H and O–H groups in total. The molecule has 0 atom stereocenters. The normalized spacial score (nSPS) is 7.00. The van der Waals surface area contributed by atoms with Gasteiger partial charge in [0.05, 0.1) is 0 Å². The summed E-state index contributed by atoms with van der Waals surface area (Å²) >= 11 is 0. The van der Waals surface area contributed by atoms with Gasteiger partial charge in [-0.2, -0.15) is 0 Å². The Kier molecular flexibility index (Phi) is 40.2. The molecule has 0 aliphatic carbocycles.